The first-order valence-electron chi connectivity index (χ1n) is 8.71. The van der Waals surface area contributed by atoms with Crippen LogP contribution in [0.25, 0.3) is 0 Å². The number of halogens is 2. The first-order chi connectivity index (χ1) is 13.1. The van der Waals surface area contributed by atoms with Crippen LogP contribution in [0.2, 0.25) is 0 Å². The molecule has 0 fully saturated rings. The van der Waals surface area contributed by atoms with Gasteiger partial charge < -0.3 is 10.6 Å². The molecule has 3 rings (SSSR count). The summed E-state index contributed by atoms with van der Waals surface area (Å²) < 4.78 is 26.1. The van der Waals surface area contributed by atoms with Crippen molar-refractivity contribution in [2.75, 3.05) is 11.9 Å². The SMILES string of the molecule is O=C(Nc1ccc(F)cc1)[C@H](NCCc1ccc(F)cc1)c1ccccc1. The number of nitrogens with one attached hydrogen (secondary N) is 2. The molecule has 0 aliphatic carbocycles. The van der Waals surface area contributed by atoms with Crippen LogP contribution in [-0.2, 0) is 11.2 Å². The molecule has 0 radical (unpaired) electrons. The highest BCUT2D eigenvalue weighted by Crippen LogP contribution is 2.17. The Kier molecular flexibility index (Phi) is 6.28. The van der Waals surface area contributed by atoms with Crippen molar-refractivity contribution in [3.8, 4) is 0 Å². The Labute approximate surface area is 157 Å². The van der Waals surface area contributed by atoms with Crippen LogP contribution in [0.5, 0.6) is 0 Å². The van der Waals surface area contributed by atoms with E-state index >= 15 is 0 Å². The van der Waals surface area contributed by atoms with Gasteiger partial charge in [-0.05, 0) is 53.9 Å². The highest BCUT2D eigenvalue weighted by molar-refractivity contribution is 5.95. The zero-order valence-corrected chi connectivity index (χ0v) is 14.7. The van der Waals surface area contributed by atoms with Gasteiger partial charge in [0.2, 0.25) is 5.91 Å². The molecule has 0 saturated carbocycles. The zero-order valence-electron chi connectivity index (χ0n) is 14.7. The zero-order chi connectivity index (χ0) is 19.1. The van der Waals surface area contributed by atoms with Crippen molar-refractivity contribution >= 4 is 11.6 Å². The van der Waals surface area contributed by atoms with Gasteiger partial charge in [-0.25, -0.2) is 8.78 Å². The fourth-order valence-electron chi connectivity index (χ4n) is 2.77. The molecular formula is C22H20F2N2O. The number of anilines is 1. The first kappa shape index (κ1) is 18.7. The Morgan fingerprint density at radius 2 is 1.41 bits per heavy atom. The Bertz CT molecular complexity index is 865. The highest BCUT2D eigenvalue weighted by atomic mass is 19.1. The van der Waals surface area contributed by atoms with E-state index in [1.807, 2.05) is 30.3 Å². The fourth-order valence-corrected chi connectivity index (χ4v) is 2.77. The lowest BCUT2D eigenvalue weighted by Gasteiger charge is -2.19. The van der Waals surface area contributed by atoms with Gasteiger partial charge >= 0.3 is 0 Å². The van der Waals surface area contributed by atoms with Gasteiger partial charge in [0.25, 0.3) is 0 Å². The Morgan fingerprint density at radius 1 is 0.815 bits per heavy atom. The average Bonchev–Trinajstić information content (AvgIpc) is 2.69. The van der Waals surface area contributed by atoms with E-state index in [0.717, 1.165) is 11.1 Å². The molecule has 0 saturated heterocycles. The van der Waals surface area contributed by atoms with Crippen molar-refractivity contribution < 1.29 is 13.6 Å². The minimum atomic E-state index is -0.559. The van der Waals surface area contributed by atoms with Crippen molar-refractivity contribution in [3.63, 3.8) is 0 Å². The summed E-state index contributed by atoms with van der Waals surface area (Å²) in [7, 11) is 0. The maximum absolute atomic E-state index is 13.1. The van der Waals surface area contributed by atoms with Gasteiger partial charge in [0.15, 0.2) is 0 Å². The molecule has 3 nitrogen and oxygen atoms in total. The van der Waals surface area contributed by atoms with Gasteiger partial charge in [-0.2, -0.15) is 0 Å². The number of hydrogen-bond acceptors (Lipinski definition) is 2. The lowest BCUT2D eigenvalue weighted by Crippen LogP contribution is -2.34. The number of hydrogen-bond donors (Lipinski definition) is 2. The van der Waals surface area contributed by atoms with Crippen molar-refractivity contribution in [2.45, 2.75) is 12.5 Å². The molecule has 0 aromatic heterocycles. The van der Waals surface area contributed by atoms with E-state index in [2.05, 4.69) is 10.6 Å². The lowest BCUT2D eigenvalue weighted by atomic mass is 10.1. The van der Waals surface area contributed by atoms with E-state index in [4.69, 9.17) is 0 Å². The Morgan fingerprint density at radius 3 is 2.04 bits per heavy atom. The molecule has 1 amide bonds. The first-order valence-corrected chi connectivity index (χ1v) is 8.71. The topological polar surface area (TPSA) is 41.1 Å². The summed E-state index contributed by atoms with van der Waals surface area (Å²) in [6, 6.07) is 20.8. The minimum Gasteiger partial charge on any atom is -0.324 e. The Hall–Kier alpha value is -3.05. The molecule has 0 spiro atoms. The van der Waals surface area contributed by atoms with Gasteiger partial charge in [0, 0.05) is 12.2 Å². The predicted molar refractivity (Wildman–Crippen MR) is 102 cm³/mol. The second-order valence-corrected chi connectivity index (χ2v) is 6.17. The van der Waals surface area contributed by atoms with E-state index < -0.39 is 6.04 Å². The quantitative estimate of drug-likeness (QED) is 0.647. The maximum atomic E-state index is 13.1. The van der Waals surface area contributed by atoms with Crippen LogP contribution in [0.4, 0.5) is 14.5 Å². The van der Waals surface area contributed by atoms with Crippen LogP contribution < -0.4 is 10.6 Å². The van der Waals surface area contributed by atoms with Gasteiger partial charge in [-0.3, -0.25) is 4.79 Å². The standard InChI is InChI=1S/C22H20F2N2O/c23-18-8-6-16(7-9-18)14-15-25-21(17-4-2-1-3-5-17)22(27)26-20-12-10-19(24)11-13-20/h1-13,21,25H,14-15H2,(H,26,27)/t21-/m1/s1. The van der Waals surface area contributed by atoms with Crippen molar-refractivity contribution in [1.82, 2.24) is 5.32 Å². The molecule has 3 aromatic carbocycles. The number of benzene rings is 3. The van der Waals surface area contributed by atoms with E-state index in [9.17, 15) is 13.6 Å². The smallest absolute Gasteiger partial charge is 0.246 e. The van der Waals surface area contributed by atoms with Gasteiger partial charge in [-0.1, -0.05) is 42.5 Å². The summed E-state index contributed by atoms with van der Waals surface area (Å²) in [5.41, 5.74) is 2.34. The number of amides is 1. The summed E-state index contributed by atoms with van der Waals surface area (Å²) in [5.74, 6) is -0.857. The van der Waals surface area contributed by atoms with Crippen molar-refractivity contribution in [2.24, 2.45) is 0 Å². The van der Waals surface area contributed by atoms with E-state index in [1.54, 1.807) is 12.1 Å². The molecule has 3 aromatic rings. The molecule has 0 heterocycles. The lowest BCUT2D eigenvalue weighted by molar-refractivity contribution is -0.118. The third-order valence-corrected chi connectivity index (χ3v) is 4.18. The third kappa shape index (κ3) is 5.46. The molecule has 1 atom stereocenters. The number of carbonyl (C=O) groups excluding carboxylic acids is 1. The molecule has 138 valence electrons. The largest absolute Gasteiger partial charge is 0.324 e. The Balaban J connectivity index is 1.67. The molecule has 0 aliphatic rings. The maximum Gasteiger partial charge on any atom is 0.246 e. The fraction of sp³-hybridized carbons (Fsp3) is 0.136. The normalized spacial score (nSPS) is 11.8. The van der Waals surface area contributed by atoms with E-state index in [-0.39, 0.29) is 17.5 Å². The van der Waals surface area contributed by atoms with Crippen LogP contribution in [-0.4, -0.2) is 12.5 Å². The average molecular weight is 366 g/mol. The minimum absolute atomic E-state index is 0.230. The van der Waals surface area contributed by atoms with Gasteiger partial charge in [-0.15, -0.1) is 0 Å². The highest BCUT2D eigenvalue weighted by Gasteiger charge is 2.20. The third-order valence-electron chi connectivity index (χ3n) is 4.18. The van der Waals surface area contributed by atoms with E-state index in [1.165, 1.54) is 36.4 Å². The van der Waals surface area contributed by atoms with Crippen LogP contribution in [0.3, 0.4) is 0 Å². The second-order valence-electron chi connectivity index (χ2n) is 6.17. The molecule has 0 unspecified atom stereocenters. The molecule has 0 bridgehead atoms. The van der Waals surface area contributed by atoms with Gasteiger partial charge in [0.05, 0.1) is 0 Å². The summed E-state index contributed by atoms with van der Waals surface area (Å²) in [4.78, 5) is 12.8. The summed E-state index contributed by atoms with van der Waals surface area (Å²) in [5, 5.41) is 6.06. The number of rotatable bonds is 7. The van der Waals surface area contributed by atoms with Crippen LogP contribution >= 0.6 is 0 Å². The molecule has 2 N–H and O–H groups in total. The summed E-state index contributed by atoms with van der Waals surface area (Å²) >= 11 is 0. The van der Waals surface area contributed by atoms with Crippen LogP contribution in [0.15, 0.2) is 78.9 Å². The summed E-state index contributed by atoms with van der Waals surface area (Å²) in [6.07, 6.45) is 0.660. The van der Waals surface area contributed by atoms with Crippen LogP contribution in [0, 0.1) is 11.6 Å². The molecule has 5 heteroatoms. The molecule has 0 aliphatic heterocycles. The number of carbonyl (C=O) groups is 1. The summed E-state index contributed by atoms with van der Waals surface area (Å²) in [6.45, 7) is 0.544. The van der Waals surface area contributed by atoms with E-state index in [0.29, 0.717) is 18.7 Å². The second kappa shape index (κ2) is 9.05. The van der Waals surface area contributed by atoms with Gasteiger partial charge in [0.1, 0.15) is 17.7 Å². The van der Waals surface area contributed by atoms with Crippen molar-refractivity contribution in [1.29, 1.82) is 0 Å². The van der Waals surface area contributed by atoms with Crippen LogP contribution in [0.1, 0.15) is 17.2 Å². The molecule has 27 heavy (non-hydrogen) atoms. The predicted octanol–water partition coefficient (Wildman–Crippen LogP) is 4.48. The van der Waals surface area contributed by atoms with Crippen molar-refractivity contribution in [3.05, 3.63) is 102 Å². The molecular weight excluding hydrogens is 346 g/mol. The monoisotopic (exact) mass is 366 g/mol.